The summed E-state index contributed by atoms with van der Waals surface area (Å²) in [6.45, 7) is 12.0. The van der Waals surface area contributed by atoms with E-state index >= 15 is 0 Å². The van der Waals surface area contributed by atoms with E-state index in [0.717, 1.165) is 19.5 Å². The summed E-state index contributed by atoms with van der Waals surface area (Å²) < 4.78 is 8.18. The second-order valence-electron chi connectivity index (χ2n) is 7.36. The van der Waals surface area contributed by atoms with Gasteiger partial charge in [-0.1, -0.05) is 32.9 Å². The number of aromatic nitrogens is 1. The maximum absolute atomic E-state index is 6.27. The van der Waals surface area contributed by atoms with Gasteiger partial charge in [-0.05, 0) is 80.4 Å². The van der Waals surface area contributed by atoms with Gasteiger partial charge in [0.15, 0.2) is 8.32 Å². The van der Waals surface area contributed by atoms with Crippen LogP contribution in [0.4, 0.5) is 11.4 Å². The predicted molar refractivity (Wildman–Crippen MR) is 116 cm³/mol. The van der Waals surface area contributed by atoms with Gasteiger partial charge >= 0.3 is 0 Å². The number of nitrogens with one attached hydrogen (secondary N) is 1. The summed E-state index contributed by atoms with van der Waals surface area (Å²) in [5, 5.41) is 3.64. The van der Waals surface area contributed by atoms with E-state index in [0.29, 0.717) is 6.61 Å². The zero-order valence-electron chi connectivity index (χ0n) is 14.8. The number of nitrogens with zero attached hydrogens (tertiary/aromatic N) is 1. The van der Waals surface area contributed by atoms with Gasteiger partial charge < -0.3 is 9.74 Å². The average Bonchev–Trinajstić information content (AvgIpc) is 2.49. The molecule has 0 saturated heterocycles. The first-order chi connectivity index (χ1) is 11.1. The number of pyridine rings is 1. The zero-order valence-corrected chi connectivity index (χ0v) is 19.5. The van der Waals surface area contributed by atoms with Crippen LogP contribution in [0, 0.1) is 3.70 Å². The molecule has 0 atom stereocenters. The van der Waals surface area contributed by atoms with Gasteiger partial charge in [-0.25, -0.2) is 4.98 Å². The molecular weight excluding hydrogens is 495 g/mol. The van der Waals surface area contributed by atoms with Crippen molar-refractivity contribution in [2.75, 3.05) is 5.32 Å². The minimum atomic E-state index is -1.71. The third-order valence-corrected chi connectivity index (χ3v) is 10.2. The fraction of sp³-hybridized carbons (Fsp3) is 0.389. The Kier molecular flexibility index (Phi) is 6.50. The molecular formula is C18H24BrIN2OSi. The number of hydrogen-bond acceptors (Lipinski definition) is 3. The third-order valence-electron chi connectivity index (χ3n) is 4.44. The number of hydrogen-bond donors (Lipinski definition) is 1. The van der Waals surface area contributed by atoms with Gasteiger partial charge in [-0.15, -0.1) is 0 Å². The first-order valence-electron chi connectivity index (χ1n) is 7.89. The van der Waals surface area contributed by atoms with Crippen LogP contribution in [0.15, 0.2) is 41.0 Å². The molecule has 0 aliphatic carbocycles. The van der Waals surface area contributed by atoms with Crippen molar-refractivity contribution in [3.05, 3.63) is 50.3 Å². The number of anilines is 2. The molecule has 2 aromatic rings. The minimum Gasteiger partial charge on any atom is -0.413 e. The third kappa shape index (κ3) is 5.27. The van der Waals surface area contributed by atoms with Crippen molar-refractivity contribution < 1.29 is 4.43 Å². The highest BCUT2D eigenvalue weighted by atomic mass is 127. The van der Waals surface area contributed by atoms with Crippen molar-refractivity contribution in [1.29, 1.82) is 0 Å². The molecule has 0 bridgehead atoms. The summed E-state index contributed by atoms with van der Waals surface area (Å²) in [4.78, 5) is 4.33. The first kappa shape index (κ1) is 19.9. The Morgan fingerprint density at radius 1 is 1.21 bits per heavy atom. The molecule has 1 heterocycles. The van der Waals surface area contributed by atoms with E-state index in [9.17, 15) is 0 Å². The largest absolute Gasteiger partial charge is 0.413 e. The number of halogens is 2. The van der Waals surface area contributed by atoms with Crippen molar-refractivity contribution in [2.24, 2.45) is 0 Å². The second-order valence-corrected chi connectivity index (χ2v) is 14.1. The van der Waals surface area contributed by atoms with Crippen LogP contribution in [0.2, 0.25) is 18.1 Å². The standard InChI is InChI=1S/C18H24BrIN2OSi/c1-18(2,3)24(4,5)23-12-13-6-8-15(9-7-13)22-16-10-14(19)11-21-17(16)20/h6-11,22H,12H2,1-5H3. The lowest BCUT2D eigenvalue weighted by Crippen LogP contribution is -2.40. The molecule has 6 heteroatoms. The Morgan fingerprint density at radius 2 is 1.83 bits per heavy atom. The van der Waals surface area contributed by atoms with Crippen LogP contribution in [0.5, 0.6) is 0 Å². The molecule has 3 nitrogen and oxygen atoms in total. The Hall–Kier alpha value is -0.443. The summed E-state index contributed by atoms with van der Waals surface area (Å²) in [6, 6.07) is 10.4. The molecule has 24 heavy (non-hydrogen) atoms. The monoisotopic (exact) mass is 518 g/mol. The molecule has 0 aliphatic heterocycles. The second kappa shape index (κ2) is 7.84. The maximum atomic E-state index is 6.27. The summed E-state index contributed by atoms with van der Waals surface area (Å²) in [7, 11) is -1.71. The molecule has 0 amide bonds. The van der Waals surface area contributed by atoms with Crippen LogP contribution in [0.1, 0.15) is 26.3 Å². The molecule has 1 aromatic heterocycles. The molecule has 0 fully saturated rings. The lowest BCUT2D eigenvalue weighted by molar-refractivity contribution is 0.276. The normalized spacial score (nSPS) is 12.3. The number of benzene rings is 1. The van der Waals surface area contributed by atoms with E-state index < -0.39 is 8.32 Å². The van der Waals surface area contributed by atoms with Gasteiger partial charge in [-0.2, -0.15) is 0 Å². The summed E-state index contributed by atoms with van der Waals surface area (Å²) in [5.41, 5.74) is 3.24. The molecule has 0 aliphatic rings. The van der Waals surface area contributed by atoms with Gasteiger partial charge in [0.05, 0.1) is 12.3 Å². The summed E-state index contributed by atoms with van der Waals surface area (Å²) in [5.74, 6) is 0. The van der Waals surface area contributed by atoms with E-state index in [1.165, 1.54) is 5.56 Å². The van der Waals surface area contributed by atoms with Crippen molar-refractivity contribution in [1.82, 2.24) is 4.98 Å². The average molecular weight is 519 g/mol. The van der Waals surface area contributed by atoms with Crippen molar-refractivity contribution in [3.63, 3.8) is 0 Å². The van der Waals surface area contributed by atoms with E-state index in [1.54, 1.807) is 6.20 Å². The SMILES string of the molecule is CC(C)(C)[Si](C)(C)OCc1ccc(Nc2cc(Br)cnc2I)cc1. The molecule has 0 unspecified atom stereocenters. The van der Waals surface area contributed by atoms with Crippen LogP contribution in [0.3, 0.4) is 0 Å². The molecule has 2 rings (SSSR count). The minimum absolute atomic E-state index is 0.235. The zero-order chi connectivity index (χ0) is 18.0. The van der Waals surface area contributed by atoms with Crippen LogP contribution >= 0.6 is 38.5 Å². The van der Waals surface area contributed by atoms with E-state index in [-0.39, 0.29) is 5.04 Å². The smallest absolute Gasteiger partial charge is 0.192 e. The van der Waals surface area contributed by atoms with Crippen LogP contribution in [0.25, 0.3) is 0 Å². The van der Waals surface area contributed by atoms with Gasteiger partial charge in [0.25, 0.3) is 0 Å². The van der Waals surface area contributed by atoms with Crippen LogP contribution < -0.4 is 5.32 Å². The summed E-state index contributed by atoms with van der Waals surface area (Å²) >= 11 is 5.69. The fourth-order valence-corrected chi connectivity index (χ4v) is 3.55. The molecule has 1 N–H and O–H groups in total. The summed E-state index contributed by atoms with van der Waals surface area (Å²) in [6.07, 6.45) is 1.80. The topological polar surface area (TPSA) is 34.1 Å². The Labute approximate surface area is 168 Å². The molecule has 0 spiro atoms. The van der Waals surface area contributed by atoms with E-state index in [4.69, 9.17) is 4.43 Å². The predicted octanol–water partition coefficient (Wildman–Crippen LogP) is 6.71. The van der Waals surface area contributed by atoms with E-state index in [2.05, 4.69) is 107 Å². The Balaban J connectivity index is 2.02. The first-order valence-corrected chi connectivity index (χ1v) is 12.7. The van der Waals surface area contributed by atoms with Crippen molar-refractivity contribution >= 4 is 58.2 Å². The Bertz CT molecular complexity index is 699. The van der Waals surface area contributed by atoms with Crippen molar-refractivity contribution in [3.8, 4) is 0 Å². The fourth-order valence-electron chi connectivity index (χ4n) is 1.83. The lowest BCUT2D eigenvalue weighted by atomic mass is 10.2. The van der Waals surface area contributed by atoms with Crippen molar-refractivity contribution in [2.45, 2.75) is 45.5 Å². The van der Waals surface area contributed by atoms with Crippen LogP contribution in [-0.4, -0.2) is 13.3 Å². The van der Waals surface area contributed by atoms with Crippen LogP contribution in [-0.2, 0) is 11.0 Å². The van der Waals surface area contributed by atoms with Gasteiger partial charge in [0, 0.05) is 16.4 Å². The Morgan fingerprint density at radius 3 is 2.42 bits per heavy atom. The van der Waals surface area contributed by atoms with E-state index in [1.807, 2.05) is 6.07 Å². The van der Waals surface area contributed by atoms with Gasteiger partial charge in [0.2, 0.25) is 0 Å². The molecule has 1 aromatic carbocycles. The highest BCUT2D eigenvalue weighted by molar-refractivity contribution is 14.1. The van der Waals surface area contributed by atoms with Gasteiger partial charge in [0.1, 0.15) is 3.70 Å². The van der Waals surface area contributed by atoms with Gasteiger partial charge in [-0.3, -0.25) is 0 Å². The highest BCUT2D eigenvalue weighted by Crippen LogP contribution is 2.37. The maximum Gasteiger partial charge on any atom is 0.192 e. The molecule has 130 valence electrons. The quantitative estimate of drug-likeness (QED) is 0.271. The molecule has 0 saturated carbocycles. The lowest BCUT2D eigenvalue weighted by Gasteiger charge is -2.36. The molecule has 0 radical (unpaired) electrons. The number of rotatable bonds is 5. The highest BCUT2D eigenvalue weighted by Gasteiger charge is 2.36.